The quantitative estimate of drug-likeness (QED) is 0.759. The van der Waals surface area contributed by atoms with Gasteiger partial charge in [0.15, 0.2) is 0 Å². The van der Waals surface area contributed by atoms with Crippen LogP contribution in [-0.4, -0.2) is 23.9 Å². The minimum absolute atomic E-state index is 0.108. The highest BCUT2D eigenvalue weighted by molar-refractivity contribution is 9.09. The second kappa shape index (κ2) is 8.19. The van der Waals surface area contributed by atoms with Gasteiger partial charge in [-0.1, -0.05) is 41.9 Å². The molecule has 0 heterocycles. The standard InChI is InChI=1S/C14H18BrF2NO2/c1-9(2)7-10(15)8-18-13(19)11-5-3-4-6-12(11)20-14(16)17/h3-6,9-10,14H,7-8H2,1-2H3,(H,18,19). The van der Waals surface area contributed by atoms with Gasteiger partial charge in [0, 0.05) is 11.4 Å². The molecule has 1 atom stereocenters. The van der Waals surface area contributed by atoms with Crippen LogP contribution in [0, 0.1) is 5.92 Å². The Morgan fingerprint density at radius 3 is 2.60 bits per heavy atom. The van der Waals surface area contributed by atoms with E-state index >= 15 is 0 Å². The number of para-hydroxylation sites is 1. The molecule has 1 N–H and O–H groups in total. The molecule has 0 aromatic heterocycles. The number of benzene rings is 1. The summed E-state index contributed by atoms with van der Waals surface area (Å²) in [4.78, 5) is 12.1. The van der Waals surface area contributed by atoms with Gasteiger partial charge in [-0.2, -0.15) is 8.78 Å². The van der Waals surface area contributed by atoms with E-state index in [0.29, 0.717) is 12.5 Å². The monoisotopic (exact) mass is 349 g/mol. The lowest BCUT2D eigenvalue weighted by molar-refractivity contribution is -0.0501. The van der Waals surface area contributed by atoms with Crippen molar-refractivity contribution in [2.45, 2.75) is 31.7 Å². The molecular weight excluding hydrogens is 332 g/mol. The Bertz CT molecular complexity index is 441. The summed E-state index contributed by atoms with van der Waals surface area (Å²) in [5.41, 5.74) is 0.108. The van der Waals surface area contributed by atoms with Crippen LogP contribution in [0.15, 0.2) is 24.3 Å². The third-order valence-electron chi connectivity index (χ3n) is 2.56. The summed E-state index contributed by atoms with van der Waals surface area (Å²) in [5, 5.41) is 2.71. The Morgan fingerprint density at radius 2 is 2.00 bits per heavy atom. The molecule has 1 rings (SSSR count). The van der Waals surface area contributed by atoms with Crippen LogP contribution in [0.4, 0.5) is 8.78 Å². The van der Waals surface area contributed by atoms with Gasteiger partial charge in [-0.15, -0.1) is 0 Å². The Balaban J connectivity index is 2.63. The van der Waals surface area contributed by atoms with Crippen molar-refractivity contribution in [1.82, 2.24) is 5.32 Å². The van der Waals surface area contributed by atoms with Crippen LogP contribution in [0.2, 0.25) is 0 Å². The third kappa shape index (κ3) is 5.86. The van der Waals surface area contributed by atoms with Crippen molar-refractivity contribution in [2.24, 2.45) is 5.92 Å². The smallest absolute Gasteiger partial charge is 0.387 e. The molecule has 1 aromatic rings. The highest BCUT2D eigenvalue weighted by Crippen LogP contribution is 2.20. The number of amides is 1. The van der Waals surface area contributed by atoms with Crippen molar-refractivity contribution in [2.75, 3.05) is 6.54 Å². The minimum atomic E-state index is -2.95. The van der Waals surface area contributed by atoms with Gasteiger partial charge in [0.25, 0.3) is 5.91 Å². The number of hydrogen-bond donors (Lipinski definition) is 1. The molecule has 20 heavy (non-hydrogen) atoms. The summed E-state index contributed by atoms with van der Waals surface area (Å²) in [5.74, 6) is -0.0323. The van der Waals surface area contributed by atoms with E-state index in [1.807, 2.05) is 0 Å². The second-order valence-electron chi connectivity index (χ2n) is 4.81. The third-order valence-corrected chi connectivity index (χ3v) is 3.26. The molecule has 0 aliphatic rings. The fraction of sp³-hybridized carbons (Fsp3) is 0.500. The van der Waals surface area contributed by atoms with E-state index in [1.54, 1.807) is 12.1 Å². The molecule has 0 aliphatic carbocycles. The zero-order valence-electron chi connectivity index (χ0n) is 11.4. The van der Waals surface area contributed by atoms with Crippen LogP contribution in [0.25, 0.3) is 0 Å². The first kappa shape index (κ1) is 16.9. The highest BCUT2D eigenvalue weighted by atomic mass is 79.9. The van der Waals surface area contributed by atoms with E-state index in [4.69, 9.17) is 0 Å². The number of nitrogens with one attached hydrogen (secondary N) is 1. The maximum Gasteiger partial charge on any atom is 0.387 e. The summed E-state index contributed by atoms with van der Waals surface area (Å²) >= 11 is 3.47. The first-order chi connectivity index (χ1) is 9.40. The molecule has 0 fully saturated rings. The van der Waals surface area contributed by atoms with Gasteiger partial charge in [0.2, 0.25) is 0 Å². The molecule has 6 heteroatoms. The van der Waals surface area contributed by atoms with Crippen molar-refractivity contribution < 1.29 is 18.3 Å². The van der Waals surface area contributed by atoms with E-state index in [-0.39, 0.29) is 16.1 Å². The van der Waals surface area contributed by atoms with Crippen LogP contribution in [0.1, 0.15) is 30.6 Å². The molecule has 1 aromatic carbocycles. The Labute approximate surface area is 125 Å². The summed E-state index contributed by atoms with van der Waals surface area (Å²) < 4.78 is 28.9. The van der Waals surface area contributed by atoms with Gasteiger partial charge in [-0.25, -0.2) is 0 Å². The van der Waals surface area contributed by atoms with Gasteiger partial charge in [-0.3, -0.25) is 4.79 Å². The summed E-state index contributed by atoms with van der Waals surface area (Å²) in [6, 6.07) is 5.95. The van der Waals surface area contributed by atoms with Gasteiger partial charge in [0.05, 0.1) is 5.56 Å². The van der Waals surface area contributed by atoms with Crippen LogP contribution >= 0.6 is 15.9 Å². The number of halogens is 3. The van der Waals surface area contributed by atoms with Crippen molar-refractivity contribution in [3.8, 4) is 5.75 Å². The molecule has 1 amide bonds. The number of carbonyl (C=O) groups excluding carboxylic acids is 1. The maximum atomic E-state index is 12.3. The molecule has 112 valence electrons. The predicted molar refractivity (Wildman–Crippen MR) is 77.6 cm³/mol. The SMILES string of the molecule is CC(C)CC(Br)CNC(=O)c1ccccc1OC(F)F. The highest BCUT2D eigenvalue weighted by Gasteiger charge is 2.16. The number of hydrogen-bond acceptors (Lipinski definition) is 2. The molecule has 1 unspecified atom stereocenters. The van der Waals surface area contributed by atoms with Crippen LogP contribution < -0.4 is 10.1 Å². The molecule has 0 saturated heterocycles. The van der Waals surface area contributed by atoms with E-state index < -0.39 is 12.5 Å². The van der Waals surface area contributed by atoms with Gasteiger partial charge in [0.1, 0.15) is 5.75 Å². The zero-order chi connectivity index (χ0) is 15.1. The van der Waals surface area contributed by atoms with Crippen molar-refractivity contribution in [1.29, 1.82) is 0 Å². The Hall–Kier alpha value is -1.17. The van der Waals surface area contributed by atoms with Crippen molar-refractivity contribution in [3.63, 3.8) is 0 Å². The minimum Gasteiger partial charge on any atom is -0.434 e. The first-order valence-corrected chi connectivity index (χ1v) is 7.27. The fourth-order valence-electron chi connectivity index (χ4n) is 1.75. The molecule has 0 radical (unpaired) electrons. The van der Waals surface area contributed by atoms with Gasteiger partial charge < -0.3 is 10.1 Å². The Morgan fingerprint density at radius 1 is 1.35 bits per heavy atom. The fourth-order valence-corrected chi connectivity index (χ4v) is 2.66. The largest absolute Gasteiger partial charge is 0.434 e. The first-order valence-electron chi connectivity index (χ1n) is 6.36. The summed E-state index contributed by atoms with van der Waals surface area (Å²) in [6.07, 6.45) is 0.912. The lowest BCUT2D eigenvalue weighted by Crippen LogP contribution is -2.30. The molecule has 0 spiro atoms. The van der Waals surface area contributed by atoms with Gasteiger partial charge in [-0.05, 0) is 24.5 Å². The Kier molecular flexibility index (Phi) is 6.91. The maximum absolute atomic E-state index is 12.3. The van der Waals surface area contributed by atoms with E-state index in [0.717, 1.165) is 6.42 Å². The van der Waals surface area contributed by atoms with Gasteiger partial charge >= 0.3 is 6.61 Å². The lowest BCUT2D eigenvalue weighted by Gasteiger charge is -2.14. The molecular formula is C14H18BrF2NO2. The molecule has 3 nitrogen and oxygen atoms in total. The van der Waals surface area contributed by atoms with Crippen LogP contribution in [0.5, 0.6) is 5.75 Å². The molecule has 0 aliphatic heterocycles. The number of rotatable bonds is 7. The topological polar surface area (TPSA) is 38.3 Å². The summed E-state index contributed by atoms with van der Waals surface area (Å²) in [7, 11) is 0. The van der Waals surface area contributed by atoms with Crippen LogP contribution in [-0.2, 0) is 0 Å². The van der Waals surface area contributed by atoms with E-state index in [2.05, 4.69) is 39.8 Å². The number of alkyl halides is 3. The van der Waals surface area contributed by atoms with E-state index in [9.17, 15) is 13.6 Å². The molecule has 0 bridgehead atoms. The lowest BCUT2D eigenvalue weighted by atomic mass is 10.1. The number of carbonyl (C=O) groups is 1. The van der Waals surface area contributed by atoms with Crippen LogP contribution in [0.3, 0.4) is 0 Å². The van der Waals surface area contributed by atoms with E-state index in [1.165, 1.54) is 12.1 Å². The average molecular weight is 350 g/mol. The normalized spacial score (nSPS) is 12.6. The summed E-state index contributed by atoms with van der Waals surface area (Å²) in [6.45, 7) is 1.65. The molecule has 0 saturated carbocycles. The predicted octanol–water partition coefficient (Wildman–Crippen LogP) is 3.83. The van der Waals surface area contributed by atoms with Crippen molar-refractivity contribution >= 4 is 21.8 Å². The van der Waals surface area contributed by atoms with Crippen molar-refractivity contribution in [3.05, 3.63) is 29.8 Å². The zero-order valence-corrected chi connectivity index (χ0v) is 13.0. The second-order valence-corrected chi connectivity index (χ2v) is 6.11. The average Bonchev–Trinajstić information content (AvgIpc) is 2.35. The number of ether oxygens (including phenoxy) is 1.